The van der Waals surface area contributed by atoms with Gasteiger partial charge in [0.25, 0.3) is 0 Å². The van der Waals surface area contributed by atoms with Gasteiger partial charge in [-0.2, -0.15) is 0 Å². The second-order valence-corrected chi connectivity index (χ2v) is 5.94. The van der Waals surface area contributed by atoms with Gasteiger partial charge < -0.3 is 0 Å². The Morgan fingerprint density at radius 3 is 1.94 bits per heavy atom. The largest absolute Gasteiger partial charge is 0.126 e. The Hall–Kier alpha value is 0.580. The maximum absolute atomic E-state index is 6.17. The molecular formula is C14H28Cl2. The van der Waals surface area contributed by atoms with Crippen molar-refractivity contribution in [3.8, 4) is 0 Å². The second kappa shape index (κ2) is 8.64. The molecule has 0 radical (unpaired) electrons. The second-order valence-electron chi connectivity index (χ2n) is 5.40. The fourth-order valence-electron chi connectivity index (χ4n) is 2.21. The number of unbranched alkanes of at least 4 members (excludes halogenated alkanes) is 1. The maximum Gasteiger partial charge on any atom is 0.0293 e. The van der Waals surface area contributed by atoms with E-state index in [2.05, 4.69) is 27.7 Å². The molecule has 98 valence electrons. The molecule has 0 nitrogen and oxygen atoms in total. The lowest BCUT2D eigenvalue weighted by atomic mass is 9.72. The Morgan fingerprint density at radius 1 is 1.06 bits per heavy atom. The highest BCUT2D eigenvalue weighted by molar-refractivity contribution is 6.21. The van der Waals surface area contributed by atoms with Gasteiger partial charge in [0.2, 0.25) is 0 Å². The number of hydrogen-bond donors (Lipinski definition) is 0. The quantitative estimate of drug-likeness (QED) is 0.469. The summed E-state index contributed by atoms with van der Waals surface area (Å²) < 4.78 is 0. The van der Waals surface area contributed by atoms with Crippen molar-refractivity contribution in [3.63, 3.8) is 0 Å². The molecule has 0 aromatic heterocycles. The molecule has 0 fully saturated rings. The summed E-state index contributed by atoms with van der Waals surface area (Å²) in [5, 5.41) is 0. The minimum absolute atomic E-state index is 0.136. The maximum atomic E-state index is 6.17. The molecule has 1 atom stereocenters. The summed E-state index contributed by atoms with van der Waals surface area (Å²) in [5.74, 6) is 2.74. The highest BCUT2D eigenvalue weighted by Crippen LogP contribution is 2.39. The van der Waals surface area contributed by atoms with Crippen LogP contribution in [0, 0.1) is 17.3 Å². The van der Waals surface area contributed by atoms with Crippen molar-refractivity contribution in [3.05, 3.63) is 0 Å². The van der Waals surface area contributed by atoms with Crippen LogP contribution in [0.25, 0.3) is 0 Å². The van der Waals surface area contributed by atoms with Crippen LogP contribution in [0.4, 0.5) is 0 Å². The average Bonchev–Trinajstić information content (AvgIpc) is 2.30. The van der Waals surface area contributed by atoms with Crippen LogP contribution in [0.3, 0.4) is 0 Å². The van der Waals surface area contributed by atoms with Crippen LogP contribution in [0.2, 0.25) is 0 Å². The lowest BCUT2D eigenvalue weighted by Gasteiger charge is -2.37. The topological polar surface area (TPSA) is 0 Å². The van der Waals surface area contributed by atoms with Crippen molar-refractivity contribution in [2.45, 2.75) is 59.8 Å². The van der Waals surface area contributed by atoms with Crippen LogP contribution in [-0.4, -0.2) is 11.8 Å². The molecule has 0 aliphatic carbocycles. The Kier molecular flexibility index (Phi) is 8.95. The Balaban J connectivity index is 4.45. The van der Waals surface area contributed by atoms with E-state index in [1.165, 1.54) is 32.1 Å². The molecule has 2 heteroatoms. The van der Waals surface area contributed by atoms with Crippen LogP contribution in [0.5, 0.6) is 0 Å². The van der Waals surface area contributed by atoms with Gasteiger partial charge in [-0.15, -0.1) is 23.2 Å². The first-order chi connectivity index (χ1) is 7.56. The van der Waals surface area contributed by atoms with Gasteiger partial charge in [-0.1, -0.05) is 53.4 Å². The van der Waals surface area contributed by atoms with E-state index in [0.717, 1.165) is 5.92 Å². The highest BCUT2D eigenvalue weighted by Gasteiger charge is 2.34. The minimum atomic E-state index is 0.136. The molecule has 0 spiro atoms. The van der Waals surface area contributed by atoms with Crippen molar-refractivity contribution in [1.29, 1.82) is 0 Å². The zero-order valence-electron chi connectivity index (χ0n) is 11.4. The third-order valence-electron chi connectivity index (χ3n) is 4.00. The van der Waals surface area contributed by atoms with E-state index in [0.29, 0.717) is 17.7 Å². The van der Waals surface area contributed by atoms with Gasteiger partial charge in [0.1, 0.15) is 0 Å². The average molecular weight is 267 g/mol. The number of rotatable bonds is 9. The van der Waals surface area contributed by atoms with E-state index in [4.69, 9.17) is 23.2 Å². The molecule has 0 aromatic rings. The van der Waals surface area contributed by atoms with E-state index in [1.54, 1.807) is 0 Å². The molecule has 0 bridgehead atoms. The molecule has 0 N–H and O–H groups in total. The molecule has 0 rings (SSSR count). The Labute approximate surface area is 112 Å². The summed E-state index contributed by atoms with van der Waals surface area (Å²) in [5.41, 5.74) is 0.136. The molecule has 0 aliphatic heterocycles. The van der Waals surface area contributed by atoms with Gasteiger partial charge in [-0.3, -0.25) is 0 Å². The molecule has 0 amide bonds. The summed E-state index contributed by atoms with van der Waals surface area (Å²) in [7, 11) is 0. The Bertz CT molecular complexity index is 162. The lowest BCUT2D eigenvalue weighted by molar-refractivity contribution is 0.186. The zero-order chi connectivity index (χ0) is 12.6. The van der Waals surface area contributed by atoms with Gasteiger partial charge in [0.05, 0.1) is 0 Å². The van der Waals surface area contributed by atoms with E-state index >= 15 is 0 Å². The molecule has 0 saturated carbocycles. The number of halogens is 2. The molecule has 16 heavy (non-hydrogen) atoms. The van der Waals surface area contributed by atoms with Crippen molar-refractivity contribution in [2.75, 3.05) is 11.8 Å². The fourth-order valence-corrected chi connectivity index (χ4v) is 3.33. The predicted octanol–water partition coefficient (Wildman–Crippen LogP) is 5.71. The number of alkyl halides is 2. The van der Waals surface area contributed by atoms with Crippen LogP contribution in [-0.2, 0) is 0 Å². The summed E-state index contributed by atoms with van der Waals surface area (Å²) in [6, 6.07) is 0. The first kappa shape index (κ1) is 16.6. The molecule has 0 saturated heterocycles. The van der Waals surface area contributed by atoms with Gasteiger partial charge in [0.15, 0.2) is 0 Å². The molecule has 1 unspecified atom stereocenters. The lowest BCUT2D eigenvalue weighted by Crippen LogP contribution is -2.34. The van der Waals surface area contributed by atoms with Gasteiger partial charge in [-0.05, 0) is 23.7 Å². The number of hydrogen-bond acceptors (Lipinski definition) is 0. The van der Waals surface area contributed by atoms with Crippen LogP contribution in [0.15, 0.2) is 0 Å². The normalized spacial score (nSPS) is 14.4. The fraction of sp³-hybridized carbons (Fsp3) is 1.00. The smallest absolute Gasteiger partial charge is 0.0293 e. The molecule has 0 heterocycles. The van der Waals surface area contributed by atoms with Crippen molar-refractivity contribution in [2.24, 2.45) is 17.3 Å². The van der Waals surface area contributed by atoms with E-state index in [-0.39, 0.29) is 5.41 Å². The summed E-state index contributed by atoms with van der Waals surface area (Å²) in [6.07, 6.45) is 6.38. The van der Waals surface area contributed by atoms with Gasteiger partial charge >= 0.3 is 0 Å². The standard InChI is InChI=1S/C14H28Cl2/c1-5-7-8-13(6-2)9-14(10-15,11-16)12(3)4/h12-13H,5-11H2,1-4H3. The minimum Gasteiger partial charge on any atom is -0.126 e. The molecule has 0 aromatic carbocycles. The van der Waals surface area contributed by atoms with E-state index in [1.807, 2.05) is 0 Å². The zero-order valence-corrected chi connectivity index (χ0v) is 12.9. The first-order valence-electron chi connectivity index (χ1n) is 6.68. The van der Waals surface area contributed by atoms with Gasteiger partial charge in [-0.25, -0.2) is 0 Å². The van der Waals surface area contributed by atoms with Crippen molar-refractivity contribution >= 4 is 23.2 Å². The molecule has 0 aliphatic rings. The highest BCUT2D eigenvalue weighted by atomic mass is 35.5. The predicted molar refractivity (Wildman–Crippen MR) is 76.6 cm³/mol. The Morgan fingerprint density at radius 2 is 1.62 bits per heavy atom. The monoisotopic (exact) mass is 266 g/mol. The van der Waals surface area contributed by atoms with Crippen molar-refractivity contribution < 1.29 is 0 Å². The van der Waals surface area contributed by atoms with Crippen LogP contribution in [0.1, 0.15) is 59.8 Å². The summed E-state index contributed by atoms with van der Waals surface area (Å²) in [6.45, 7) is 9.04. The molecular weight excluding hydrogens is 239 g/mol. The SMILES string of the molecule is CCCCC(CC)CC(CCl)(CCl)C(C)C. The van der Waals surface area contributed by atoms with E-state index < -0.39 is 0 Å². The van der Waals surface area contributed by atoms with Gasteiger partial charge in [0, 0.05) is 11.8 Å². The summed E-state index contributed by atoms with van der Waals surface area (Å²) in [4.78, 5) is 0. The third-order valence-corrected chi connectivity index (χ3v) is 5.06. The van der Waals surface area contributed by atoms with E-state index in [9.17, 15) is 0 Å². The van der Waals surface area contributed by atoms with Crippen molar-refractivity contribution in [1.82, 2.24) is 0 Å². The summed E-state index contributed by atoms with van der Waals surface area (Å²) >= 11 is 12.3. The van der Waals surface area contributed by atoms with Crippen LogP contribution < -0.4 is 0 Å². The third kappa shape index (κ3) is 4.84. The first-order valence-corrected chi connectivity index (χ1v) is 7.75. The van der Waals surface area contributed by atoms with Crippen LogP contribution >= 0.6 is 23.2 Å².